The number of hydrogen-bond donors (Lipinski definition) is 2. The molecule has 0 unspecified atom stereocenters. The van der Waals surface area contributed by atoms with Crippen LogP contribution in [0, 0.1) is 5.92 Å². The molecule has 0 spiro atoms. The summed E-state index contributed by atoms with van der Waals surface area (Å²) in [5.41, 5.74) is 0.670. The number of H-pyrrole nitrogens is 1. The van der Waals surface area contributed by atoms with E-state index in [2.05, 4.69) is 32.1 Å². The van der Waals surface area contributed by atoms with Crippen LogP contribution in [0.15, 0.2) is 35.3 Å². The van der Waals surface area contributed by atoms with Crippen LogP contribution in [0.2, 0.25) is 0 Å². The molecule has 1 saturated heterocycles. The number of hydrogen-bond acceptors (Lipinski definition) is 5. The molecule has 1 fully saturated rings. The minimum Gasteiger partial charge on any atom is -0.343 e. The highest BCUT2D eigenvalue weighted by Crippen LogP contribution is 2.20. The lowest BCUT2D eigenvalue weighted by atomic mass is 10.00. The second-order valence-electron chi connectivity index (χ2n) is 6.57. The first kappa shape index (κ1) is 17.1. The number of piperidine rings is 1. The topological polar surface area (TPSA) is 91.0 Å². The van der Waals surface area contributed by atoms with Gasteiger partial charge in [0.1, 0.15) is 5.69 Å². The largest absolute Gasteiger partial charge is 0.343 e. The number of carbonyl (C=O) groups is 1. The standard InChI is InChI=1S/C18H23N5O2/c1-12-6-9-23(10-7-12)18-21-15(11-16(24)22-18)13(2)20-17(25)14-5-3-4-8-19-14/h3-5,8,11-13H,6-7,9-10H2,1-2H3,(H,20,25)(H,21,22,24)/t13-/m1/s1. The molecular formula is C18H23N5O2. The van der Waals surface area contributed by atoms with E-state index in [0.29, 0.717) is 23.3 Å². The maximum absolute atomic E-state index is 12.2. The summed E-state index contributed by atoms with van der Waals surface area (Å²) in [6, 6.07) is 6.20. The van der Waals surface area contributed by atoms with Crippen LogP contribution >= 0.6 is 0 Å². The Morgan fingerprint density at radius 1 is 1.36 bits per heavy atom. The van der Waals surface area contributed by atoms with Gasteiger partial charge in [-0.1, -0.05) is 13.0 Å². The molecule has 0 bridgehead atoms. The predicted molar refractivity (Wildman–Crippen MR) is 95.6 cm³/mol. The number of pyridine rings is 1. The second-order valence-corrected chi connectivity index (χ2v) is 6.57. The van der Waals surface area contributed by atoms with Crippen LogP contribution in [0.1, 0.15) is 48.9 Å². The zero-order chi connectivity index (χ0) is 17.8. The number of anilines is 1. The average Bonchev–Trinajstić information content (AvgIpc) is 2.62. The quantitative estimate of drug-likeness (QED) is 0.886. The summed E-state index contributed by atoms with van der Waals surface area (Å²) < 4.78 is 0. The predicted octanol–water partition coefficient (Wildman–Crippen LogP) is 1.89. The van der Waals surface area contributed by atoms with Crippen LogP contribution < -0.4 is 15.8 Å². The molecule has 0 radical (unpaired) electrons. The number of aromatic amines is 1. The molecule has 3 rings (SSSR count). The van der Waals surface area contributed by atoms with Gasteiger partial charge in [-0.15, -0.1) is 0 Å². The summed E-state index contributed by atoms with van der Waals surface area (Å²) >= 11 is 0. The first-order valence-electron chi connectivity index (χ1n) is 8.61. The molecule has 1 atom stereocenters. The Labute approximate surface area is 146 Å². The van der Waals surface area contributed by atoms with Crippen LogP contribution in [0.3, 0.4) is 0 Å². The number of amides is 1. The first-order chi connectivity index (χ1) is 12.0. The molecule has 25 heavy (non-hydrogen) atoms. The summed E-state index contributed by atoms with van der Waals surface area (Å²) in [7, 11) is 0. The van der Waals surface area contributed by atoms with Crippen molar-refractivity contribution in [2.24, 2.45) is 5.92 Å². The third-order valence-corrected chi connectivity index (χ3v) is 4.52. The summed E-state index contributed by atoms with van der Waals surface area (Å²) in [5, 5.41) is 2.84. The smallest absolute Gasteiger partial charge is 0.270 e. The molecule has 1 aliphatic heterocycles. The van der Waals surface area contributed by atoms with E-state index in [1.165, 1.54) is 6.07 Å². The fraction of sp³-hybridized carbons (Fsp3) is 0.444. The minimum atomic E-state index is -0.390. The van der Waals surface area contributed by atoms with E-state index in [1.807, 2.05) is 6.92 Å². The Bertz CT molecular complexity index is 782. The number of rotatable bonds is 4. The highest BCUT2D eigenvalue weighted by atomic mass is 16.2. The Hall–Kier alpha value is -2.70. The SMILES string of the molecule is CC1CCN(c2nc([C@@H](C)NC(=O)c3ccccn3)cc(=O)[nH]2)CC1. The molecule has 2 aromatic rings. The van der Waals surface area contributed by atoms with E-state index in [1.54, 1.807) is 24.4 Å². The summed E-state index contributed by atoms with van der Waals surface area (Å²) in [6.45, 7) is 5.80. The molecule has 2 aromatic heterocycles. The molecule has 7 nitrogen and oxygen atoms in total. The van der Waals surface area contributed by atoms with Gasteiger partial charge in [0.15, 0.2) is 0 Å². The summed E-state index contributed by atoms with van der Waals surface area (Å²) in [6.07, 6.45) is 3.74. The van der Waals surface area contributed by atoms with Gasteiger partial charge >= 0.3 is 0 Å². The van der Waals surface area contributed by atoms with Crippen LogP contribution in [-0.2, 0) is 0 Å². The Balaban J connectivity index is 1.75. The molecule has 3 heterocycles. The first-order valence-corrected chi connectivity index (χ1v) is 8.61. The van der Waals surface area contributed by atoms with Gasteiger partial charge in [0.2, 0.25) is 5.95 Å². The fourth-order valence-electron chi connectivity index (χ4n) is 2.90. The molecule has 2 N–H and O–H groups in total. The molecule has 0 saturated carbocycles. The van der Waals surface area contributed by atoms with Crippen molar-refractivity contribution in [3.63, 3.8) is 0 Å². The zero-order valence-electron chi connectivity index (χ0n) is 14.5. The highest BCUT2D eigenvalue weighted by molar-refractivity contribution is 5.92. The number of nitrogens with zero attached hydrogens (tertiary/aromatic N) is 3. The van der Waals surface area contributed by atoms with Crippen LogP contribution in [0.5, 0.6) is 0 Å². The van der Waals surface area contributed by atoms with Gasteiger partial charge in [0.25, 0.3) is 11.5 Å². The van der Waals surface area contributed by atoms with E-state index in [9.17, 15) is 9.59 Å². The van der Waals surface area contributed by atoms with Crippen molar-refractivity contribution in [3.8, 4) is 0 Å². The lowest BCUT2D eigenvalue weighted by Gasteiger charge is -2.31. The second kappa shape index (κ2) is 7.46. The molecular weight excluding hydrogens is 318 g/mol. The maximum Gasteiger partial charge on any atom is 0.270 e. The Morgan fingerprint density at radius 2 is 2.12 bits per heavy atom. The van der Waals surface area contributed by atoms with Crippen molar-refractivity contribution in [1.29, 1.82) is 0 Å². The lowest BCUT2D eigenvalue weighted by Crippen LogP contribution is -2.36. The lowest BCUT2D eigenvalue weighted by molar-refractivity contribution is 0.0934. The average molecular weight is 341 g/mol. The van der Waals surface area contributed by atoms with Gasteiger partial charge < -0.3 is 10.2 Å². The third-order valence-electron chi connectivity index (χ3n) is 4.52. The molecule has 0 aromatic carbocycles. The van der Waals surface area contributed by atoms with Crippen LogP contribution in [0.4, 0.5) is 5.95 Å². The number of carbonyl (C=O) groups excluding carboxylic acids is 1. The van der Waals surface area contributed by atoms with Gasteiger partial charge in [-0.3, -0.25) is 19.6 Å². The Morgan fingerprint density at radius 3 is 2.80 bits per heavy atom. The highest BCUT2D eigenvalue weighted by Gasteiger charge is 2.20. The Kier molecular flexibility index (Phi) is 5.11. The van der Waals surface area contributed by atoms with Gasteiger partial charge in [0.05, 0.1) is 11.7 Å². The van der Waals surface area contributed by atoms with Crippen LogP contribution in [0.25, 0.3) is 0 Å². The van der Waals surface area contributed by atoms with E-state index in [4.69, 9.17) is 0 Å². The fourth-order valence-corrected chi connectivity index (χ4v) is 2.90. The number of aromatic nitrogens is 3. The van der Waals surface area contributed by atoms with E-state index < -0.39 is 0 Å². The van der Waals surface area contributed by atoms with Crippen LogP contribution in [-0.4, -0.2) is 33.9 Å². The zero-order valence-corrected chi connectivity index (χ0v) is 14.5. The van der Waals surface area contributed by atoms with Crippen molar-refractivity contribution in [1.82, 2.24) is 20.3 Å². The molecule has 7 heteroatoms. The van der Waals surface area contributed by atoms with E-state index in [0.717, 1.165) is 25.9 Å². The summed E-state index contributed by atoms with van der Waals surface area (Å²) in [5.74, 6) is 0.986. The van der Waals surface area contributed by atoms with Crippen molar-refractivity contribution >= 4 is 11.9 Å². The maximum atomic E-state index is 12.2. The monoisotopic (exact) mass is 341 g/mol. The normalized spacial score (nSPS) is 16.5. The van der Waals surface area contributed by atoms with Crippen molar-refractivity contribution in [2.75, 3.05) is 18.0 Å². The molecule has 0 aliphatic carbocycles. The molecule has 132 valence electrons. The van der Waals surface area contributed by atoms with Crippen molar-refractivity contribution < 1.29 is 4.79 Å². The van der Waals surface area contributed by atoms with Gasteiger partial charge in [-0.05, 0) is 37.8 Å². The van der Waals surface area contributed by atoms with Crippen molar-refractivity contribution in [3.05, 3.63) is 52.2 Å². The minimum absolute atomic E-state index is 0.211. The third kappa shape index (κ3) is 4.23. The summed E-state index contributed by atoms with van der Waals surface area (Å²) in [4.78, 5) is 37.8. The number of nitrogens with one attached hydrogen (secondary N) is 2. The van der Waals surface area contributed by atoms with Gasteiger partial charge in [-0.25, -0.2) is 4.98 Å². The molecule has 1 aliphatic rings. The van der Waals surface area contributed by atoms with E-state index in [-0.39, 0.29) is 17.5 Å². The van der Waals surface area contributed by atoms with Crippen molar-refractivity contribution in [2.45, 2.75) is 32.7 Å². The molecule has 1 amide bonds. The van der Waals surface area contributed by atoms with E-state index >= 15 is 0 Å². The van der Waals surface area contributed by atoms with Gasteiger partial charge in [-0.2, -0.15) is 0 Å². The van der Waals surface area contributed by atoms with Gasteiger partial charge in [0, 0.05) is 25.4 Å².